The van der Waals surface area contributed by atoms with E-state index in [9.17, 15) is 0 Å². The highest BCUT2D eigenvalue weighted by atomic mass is 15.2. The zero-order valence-electron chi connectivity index (χ0n) is 9.69. The van der Waals surface area contributed by atoms with E-state index in [1.54, 1.807) is 6.33 Å². The summed E-state index contributed by atoms with van der Waals surface area (Å²) in [4.78, 5) is 10.5. The largest absolute Gasteiger partial charge is 0.367 e. The Balaban J connectivity index is 2.00. The van der Waals surface area contributed by atoms with E-state index >= 15 is 0 Å². The molecule has 0 bridgehead atoms. The van der Waals surface area contributed by atoms with Crippen LogP contribution in [0.4, 0.5) is 11.6 Å². The lowest BCUT2D eigenvalue weighted by atomic mass is 9.93. The molecular weight excluding hydrogens is 202 g/mol. The number of hydrogen-bond acceptors (Lipinski definition) is 5. The second-order valence-corrected chi connectivity index (χ2v) is 4.24. The predicted octanol–water partition coefficient (Wildman–Crippen LogP) is 0.836. The number of aromatic nitrogens is 2. The molecule has 0 unspecified atom stereocenters. The zero-order valence-corrected chi connectivity index (χ0v) is 9.69. The van der Waals surface area contributed by atoms with E-state index < -0.39 is 0 Å². The molecule has 1 heterocycles. The predicted molar refractivity (Wildman–Crippen MR) is 65.6 cm³/mol. The number of anilines is 2. The Kier molecular flexibility index (Phi) is 3.56. The normalized spacial score (nSPS) is 15.6. The first-order valence-electron chi connectivity index (χ1n) is 5.79. The van der Waals surface area contributed by atoms with E-state index in [-0.39, 0.29) is 0 Å². The summed E-state index contributed by atoms with van der Waals surface area (Å²) in [6.07, 6.45) is 5.42. The molecule has 0 aliphatic heterocycles. The van der Waals surface area contributed by atoms with E-state index in [2.05, 4.69) is 15.3 Å². The Morgan fingerprint density at radius 3 is 2.94 bits per heavy atom. The van der Waals surface area contributed by atoms with Gasteiger partial charge in [-0.2, -0.15) is 0 Å². The van der Waals surface area contributed by atoms with Crippen LogP contribution < -0.4 is 16.0 Å². The molecule has 3 N–H and O–H groups in total. The molecule has 5 heteroatoms. The lowest BCUT2D eigenvalue weighted by Crippen LogP contribution is -2.28. The minimum absolute atomic E-state index is 0.600. The molecule has 88 valence electrons. The molecule has 0 radical (unpaired) electrons. The highest BCUT2D eigenvalue weighted by Crippen LogP contribution is 2.23. The van der Waals surface area contributed by atoms with E-state index in [4.69, 9.17) is 5.73 Å². The Morgan fingerprint density at radius 1 is 1.50 bits per heavy atom. The highest BCUT2D eigenvalue weighted by Gasteiger charge is 2.17. The fraction of sp³-hybridized carbons (Fsp3) is 0.636. The van der Waals surface area contributed by atoms with Crippen molar-refractivity contribution in [3.63, 3.8) is 0 Å². The SMILES string of the molecule is CN(CCN)c1cc(NC2CCC2)ncn1. The maximum absolute atomic E-state index is 5.52. The average Bonchev–Trinajstić information content (AvgIpc) is 2.24. The quantitative estimate of drug-likeness (QED) is 0.771. The van der Waals surface area contributed by atoms with Crippen LogP contribution in [0.2, 0.25) is 0 Å². The molecule has 2 rings (SSSR count). The highest BCUT2D eigenvalue weighted by molar-refractivity contribution is 5.48. The van der Waals surface area contributed by atoms with E-state index in [0.717, 1.165) is 18.2 Å². The number of hydrogen-bond donors (Lipinski definition) is 2. The first-order valence-corrected chi connectivity index (χ1v) is 5.79. The van der Waals surface area contributed by atoms with Crippen molar-refractivity contribution in [1.82, 2.24) is 9.97 Å². The minimum Gasteiger partial charge on any atom is -0.367 e. The van der Waals surface area contributed by atoms with Gasteiger partial charge in [-0.1, -0.05) is 0 Å². The molecule has 5 nitrogen and oxygen atoms in total. The van der Waals surface area contributed by atoms with Crippen LogP contribution in [0.5, 0.6) is 0 Å². The third-order valence-corrected chi connectivity index (χ3v) is 2.97. The minimum atomic E-state index is 0.600. The van der Waals surface area contributed by atoms with Crippen molar-refractivity contribution in [3.8, 4) is 0 Å². The van der Waals surface area contributed by atoms with Crippen molar-refractivity contribution in [2.45, 2.75) is 25.3 Å². The van der Waals surface area contributed by atoms with Gasteiger partial charge in [0.15, 0.2) is 0 Å². The average molecular weight is 221 g/mol. The van der Waals surface area contributed by atoms with Crippen LogP contribution in [0.1, 0.15) is 19.3 Å². The summed E-state index contributed by atoms with van der Waals surface area (Å²) in [5, 5.41) is 3.41. The van der Waals surface area contributed by atoms with Crippen LogP contribution >= 0.6 is 0 Å². The molecular formula is C11H19N5. The summed E-state index contributed by atoms with van der Waals surface area (Å²) < 4.78 is 0. The Morgan fingerprint density at radius 2 is 2.31 bits per heavy atom. The molecule has 1 fully saturated rings. The van der Waals surface area contributed by atoms with Gasteiger partial charge in [0.25, 0.3) is 0 Å². The van der Waals surface area contributed by atoms with Crippen LogP contribution in [-0.4, -0.2) is 36.1 Å². The van der Waals surface area contributed by atoms with Crippen LogP contribution in [-0.2, 0) is 0 Å². The van der Waals surface area contributed by atoms with Gasteiger partial charge in [0.1, 0.15) is 18.0 Å². The molecule has 0 spiro atoms. The van der Waals surface area contributed by atoms with Crippen molar-refractivity contribution in [3.05, 3.63) is 12.4 Å². The van der Waals surface area contributed by atoms with Gasteiger partial charge in [-0.05, 0) is 19.3 Å². The molecule has 1 aliphatic carbocycles. The van der Waals surface area contributed by atoms with Crippen LogP contribution in [0, 0.1) is 0 Å². The number of nitrogens with two attached hydrogens (primary N) is 1. The molecule has 1 aliphatic rings. The molecule has 0 aromatic carbocycles. The lowest BCUT2D eigenvalue weighted by molar-refractivity contribution is 0.444. The van der Waals surface area contributed by atoms with Crippen LogP contribution in [0.15, 0.2) is 12.4 Å². The fourth-order valence-electron chi connectivity index (χ4n) is 1.70. The van der Waals surface area contributed by atoms with Crippen molar-refractivity contribution >= 4 is 11.6 Å². The van der Waals surface area contributed by atoms with Gasteiger partial charge in [-0.15, -0.1) is 0 Å². The molecule has 1 aromatic heterocycles. The van der Waals surface area contributed by atoms with E-state index in [1.807, 2.05) is 18.0 Å². The first kappa shape index (κ1) is 11.1. The fourth-order valence-corrected chi connectivity index (χ4v) is 1.70. The molecule has 1 saturated carbocycles. The summed E-state index contributed by atoms with van der Waals surface area (Å²) in [6.45, 7) is 1.44. The van der Waals surface area contributed by atoms with E-state index in [0.29, 0.717) is 12.6 Å². The van der Waals surface area contributed by atoms with Gasteiger partial charge in [0.05, 0.1) is 0 Å². The van der Waals surface area contributed by atoms with Crippen LogP contribution in [0.25, 0.3) is 0 Å². The Labute approximate surface area is 96.1 Å². The topological polar surface area (TPSA) is 67.1 Å². The summed E-state index contributed by atoms with van der Waals surface area (Å²) in [5.74, 6) is 1.83. The van der Waals surface area contributed by atoms with Gasteiger partial charge in [-0.3, -0.25) is 0 Å². The van der Waals surface area contributed by atoms with Gasteiger partial charge in [-0.25, -0.2) is 9.97 Å². The van der Waals surface area contributed by atoms with Crippen molar-refractivity contribution in [2.75, 3.05) is 30.4 Å². The van der Waals surface area contributed by atoms with Crippen LogP contribution in [0.3, 0.4) is 0 Å². The molecule has 0 atom stereocenters. The third kappa shape index (κ3) is 2.61. The monoisotopic (exact) mass is 221 g/mol. The molecule has 0 saturated heterocycles. The molecule has 1 aromatic rings. The number of likely N-dealkylation sites (N-methyl/N-ethyl adjacent to an activating group) is 1. The van der Waals surface area contributed by atoms with Gasteiger partial charge < -0.3 is 16.0 Å². The Bertz CT molecular complexity index is 337. The first-order chi connectivity index (χ1) is 7.79. The summed E-state index contributed by atoms with van der Waals surface area (Å²) in [6, 6.07) is 2.58. The van der Waals surface area contributed by atoms with E-state index in [1.165, 1.54) is 19.3 Å². The second kappa shape index (κ2) is 5.12. The maximum Gasteiger partial charge on any atom is 0.133 e. The third-order valence-electron chi connectivity index (χ3n) is 2.97. The second-order valence-electron chi connectivity index (χ2n) is 4.24. The summed E-state index contributed by atoms with van der Waals surface area (Å²) in [7, 11) is 1.99. The molecule has 0 amide bonds. The lowest BCUT2D eigenvalue weighted by Gasteiger charge is -2.27. The van der Waals surface area contributed by atoms with Crippen molar-refractivity contribution < 1.29 is 0 Å². The zero-order chi connectivity index (χ0) is 11.4. The van der Waals surface area contributed by atoms with Crippen molar-refractivity contribution in [1.29, 1.82) is 0 Å². The van der Waals surface area contributed by atoms with Gasteiger partial charge >= 0.3 is 0 Å². The Hall–Kier alpha value is -1.36. The summed E-state index contributed by atoms with van der Waals surface area (Å²) in [5.41, 5.74) is 5.52. The van der Waals surface area contributed by atoms with Gasteiger partial charge in [0, 0.05) is 32.2 Å². The smallest absolute Gasteiger partial charge is 0.133 e. The number of nitrogens with one attached hydrogen (secondary N) is 1. The maximum atomic E-state index is 5.52. The van der Waals surface area contributed by atoms with Crippen molar-refractivity contribution in [2.24, 2.45) is 5.73 Å². The number of nitrogens with zero attached hydrogens (tertiary/aromatic N) is 3. The standard InChI is InChI=1S/C11H19N5/c1-16(6-5-12)11-7-10(13-8-14-11)15-9-3-2-4-9/h7-9H,2-6,12H2,1H3,(H,13,14,15). The molecule has 16 heavy (non-hydrogen) atoms. The van der Waals surface area contributed by atoms with Gasteiger partial charge in [0.2, 0.25) is 0 Å². The number of rotatable bonds is 5. The summed E-state index contributed by atoms with van der Waals surface area (Å²) >= 11 is 0.